The van der Waals surface area contributed by atoms with Crippen LogP contribution in [0.5, 0.6) is 0 Å². The van der Waals surface area contributed by atoms with Crippen molar-refractivity contribution in [3.05, 3.63) is 70.5 Å². The summed E-state index contributed by atoms with van der Waals surface area (Å²) >= 11 is 7.44. The minimum atomic E-state index is 0.0253. The Kier molecular flexibility index (Phi) is 10.3. The highest BCUT2D eigenvalue weighted by molar-refractivity contribution is 8.03. The molecular weight excluding hydrogens is 553 g/mol. The third kappa shape index (κ3) is 8.58. The molecule has 0 N–H and O–H groups in total. The molecule has 2 atom stereocenters. The molecule has 0 bridgehead atoms. The van der Waals surface area contributed by atoms with E-state index in [2.05, 4.69) is 104 Å². The Labute approximate surface area is 253 Å². The lowest BCUT2D eigenvalue weighted by Gasteiger charge is -2.35. The largest absolute Gasteiger partial charge is 0.287 e. The van der Waals surface area contributed by atoms with Gasteiger partial charge in [0.2, 0.25) is 0 Å². The number of fused-ring (bicyclic) bond motifs is 3. The lowest BCUT2D eigenvalue weighted by molar-refractivity contribution is 0.390. The van der Waals surface area contributed by atoms with E-state index in [9.17, 15) is 0 Å². The van der Waals surface area contributed by atoms with Crippen LogP contribution in [0.25, 0.3) is 0 Å². The van der Waals surface area contributed by atoms with Gasteiger partial charge in [-0.15, -0.1) is 23.5 Å². The maximum absolute atomic E-state index is 5.25. The van der Waals surface area contributed by atoms with E-state index in [1.54, 1.807) is 23.5 Å². The van der Waals surface area contributed by atoms with Crippen molar-refractivity contribution < 1.29 is 0 Å². The second-order valence-corrected chi connectivity index (χ2v) is 18.0. The monoisotopic (exact) mass is 594 g/mol. The van der Waals surface area contributed by atoms with Crippen molar-refractivity contribution in [2.75, 3.05) is 0 Å². The third-order valence-electron chi connectivity index (χ3n) is 6.73. The van der Waals surface area contributed by atoms with Gasteiger partial charge in [-0.05, 0) is 67.2 Å². The van der Waals surface area contributed by atoms with Crippen LogP contribution < -0.4 is 0 Å². The average Bonchev–Trinajstić information content (AvgIpc) is 2.81. The maximum atomic E-state index is 5.25. The van der Waals surface area contributed by atoms with Crippen molar-refractivity contribution in [2.45, 2.75) is 115 Å². The molecule has 0 saturated heterocycles. The number of thioether (sulfide) groups is 4. The van der Waals surface area contributed by atoms with Gasteiger partial charge in [-0.1, -0.05) is 89.4 Å². The van der Waals surface area contributed by atoms with Crippen LogP contribution in [-0.4, -0.2) is 34.0 Å². The third-order valence-corrected chi connectivity index (χ3v) is 11.1. The summed E-state index contributed by atoms with van der Waals surface area (Å²) in [6.07, 6.45) is 9.93. The second-order valence-electron chi connectivity index (χ2n) is 11.8. The first-order valence-corrected chi connectivity index (χ1v) is 17.1. The summed E-state index contributed by atoms with van der Waals surface area (Å²) in [5.41, 5.74) is 2.45. The van der Waals surface area contributed by atoms with E-state index in [-0.39, 0.29) is 21.6 Å². The van der Waals surface area contributed by atoms with E-state index >= 15 is 0 Å². The van der Waals surface area contributed by atoms with E-state index in [4.69, 9.17) is 9.98 Å². The molecule has 2 aromatic rings. The van der Waals surface area contributed by atoms with Gasteiger partial charge in [-0.25, -0.2) is 0 Å². The lowest BCUT2D eigenvalue weighted by atomic mass is 9.91. The number of aliphatic imine (C=N–C) groups is 2. The Balaban J connectivity index is 1.85. The van der Waals surface area contributed by atoms with Gasteiger partial charge in [0, 0.05) is 52.6 Å². The summed E-state index contributed by atoms with van der Waals surface area (Å²) < 4.78 is 0.0505. The topological polar surface area (TPSA) is 24.7 Å². The molecule has 1 aliphatic heterocycles. The molecule has 1 heterocycles. The smallest absolute Gasteiger partial charge is 0.0723 e. The molecule has 0 spiro atoms. The predicted octanol–water partition coefficient (Wildman–Crippen LogP) is 10.9. The predicted molar refractivity (Wildman–Crippen MR) is 180 cm³/mol. The number of benzene rings is 2. The van der Waals surface area contributed by atoms with Crippen LogP contribution in [-0.2, 0) is 0 Å². The first-order chi connectivity index (χ1) is 18.4. The molecular formula is C33H42N2S4. The molecule has 0 aromatic heterocycles. The molecule has 1 fully saturated rings. The number of nitrogens with zero attached hydrogens (tertiary/aromatic N) is 2. The Hall–Kier alpha value is -1.34. The summed E-state index contributed by atoms with van der Waals surface area (Å²) in [4.78, 5) is 17.7. The van der Waals surface area contributed by atoms with Gasteiger partial charge in [-0.2, -0.15) is 0 Å². The van der Waals surface area contributed by atoms with Crippen molar-refractivity contribution in [3.8, 4) is 0 Å². The molecule has 208 valence electrons. The van der Waals surface area contributed by atoms with Crippen molar-refractivity contribution in [1.29, 1.82) is 0 Å². The van der Waals surface area contributed by atoms with Gasteiger partial charge in [0.25, 0.3) is 0 Å². The van der Waals surface area contributed by atoms with Crippen molar-refractivity contribution in [2.24, 2.45) is 9.98 Å². The number of allylic oxidation sites excluding steroid dienone is 2. The molecule has 2 aliphatic rings. The van der Waals surface area contributed by atoms with Crippen molar-refractivity contribution in [1.82, 2.24) is 0 Å². The molecule has 4 rings (SSSR count). The summed E-state index contributed by atoms with van der Waals surface area (Å²) in [5.74, 6) is 0. The van der Waals surface area contributed by atoms with Gasteiger partial charge in [0.15, 0.2) is 0 Å². The van der Waals surface area contributed by atoms with E-state index in [1.807, 2.05) is 23.5 Å². The Bertz CT molecular complexity index is 1180. The summed E-state index contributed by atoms with van der Waals surface area (Å²) in [7, 11) is 0. The Morgan fingerprint density at radius 1 is 0.744 bits per heavy atom. The molecule has 0 amide bonds. The molecule has 1 saturated carbocycles. The minimum Gasteiger partial charge on any atom is -0.287 e. The summed E-state index contributed by atoms with van der Waals surface area (Å²) in [5, 5.41) is 0. The molecule has 2 aromatic carbocycles. The number of hydrogen-bond donors (Lipinski definition) is 0. The van der Waals surface area contributed by atoms with Gasteiger partial charge in [0.05, 0.1) is 12.1 Å². The minimum absolute atomic E-state index is 0.0253. The van der Waals surface area contributed by atoms with E-state index in [0.717, 1.165) is 29.1 Å². The van der Waals surface area contributed by atoms with Crippen LogP contribution in [0.2, 0.25) is 0 Å². The molecule has 2 unspecified atom stereocenters. The highest BCUT2D eigenvalue weighted by Crippen LogP contribution is 2.48. The van der Waals surface area contributed by atoms with E-state index in [1.165, 1.54) is 43.6 Å². The van der Waals surface area contributed by atoms with Crippen LogP contribution in [0.15, 0.2) is 88.9 Å². The van der Waals surface area contributed by atoms with E-state index < -0.39 is 0 Å². The van der Waals surface area contributed by atoms with Crippen LogP contribution in [0.4, 0.5) is 0 Å². The van der Waals surface area contributed by atoms with Gasteiger partial charge in [-0.3, -0.25) is 9.98 Å². The fourth-order valence-corrected chi connectivity index (χ4v) is 10.2. The average molecular weight is 595 g/mol. The van der Waals surface area contributed by atoms with Crippen molar-refractivity contribution >= 4 is 59.5 Å². The van der Waals surface area contributed by atoms with Crippen molar-refractivity contribution in [3.63, 3.8) is 0 Å². The van der Waals surface area contributed by atoms with Crippen LogP contribution >= 0.6 is 47.0 Å². The highest BCUT2D eigenvalue weighted by atomic mass is 32.2. The van der Waals surface area contributed by atoms with Crippen LogP contribution in [0.3, 0.4) is 0 Å². The molecule has 39 heavy (non-hydrogen) atoms. The van der Waals surface area contributed by atoms with E-state index in [0.29, 0.717) is 0 Å². The first kappa shape index (κ1) is 30.6. The molecule has 6 heteroatoms. The Morgan fingerprint density at radius 2 is 1.15 bits per heavy atom. The lowest BCUT2D eigenvalue weighted by Crippen LogP contribution is -2.28. The highest BCUT2D eigenvalue weighted by Gasteiger charge is 2.33. The quantitative estimate of drug-likeness (QED) is 0.329. The zero-order chi connectivity index (χ0) is 28.2. The number of hydrogen-bond acceptors (Lipinski definition) is 6. The fraction of sp³-hybridized carbons (Fsp3) is 0.455. The standard InChI is InChI=1S/C33H42N2S4/c1-22(2)36-28-15-11-17-30-24(28)19-34-26-13-9-10-14-27(26)35-20-25-29(37-23(3)4)16-12-18-31(25)39-33(7,8)21-32(5,6)38-30/h11-12,15-20,26-27H,1,3,9-10,13-14,21H2,2,4-8H3/b34-19+,35-20+. The zero-order valence-electron chi connectivity index (χ0n) is 24.3. The normalized spacial score (nSPS) is 24.2. The molecule has 1 aliphatic carbocycles. The van der Waals surface area contributed by atoms with Gasteiger partial charge < -0.3 is 0 Å². The van der Waals surface area contributed by atoms with Gasteiger partial charge in [0.1, 0.15) is 0 Å². The number of rotatable bonds is 4. The SMILES string of the molecule is C=C(C)Sc1cccc2c1/C=N/C1CCCCC1/N=C/c1c(SC(=C)C)cccc1SC(C)(C)CC(C)(C)S2. The summed E-state index contributed by atoms with van der Waals surface area (Å²) in [6.45, 7) is 22.0. The molecule has 2 nitrogen and oxygen atoms in total. The fourth-order valence-electron chi connectivity index (χ4n) is 5.51. The van der Waals surface area contributed by atoms with Gasteiger partial charge >= 0.3 is 0 Å². The Morgan fingerprint density at radius 3 is 1.54 bits per heavy atom. The zero-order valence-corrected chi connectivity index (χ0v) is 27.5. The summed E-state index contributed by atoms with van der Waals surface area (Å²) in [6, 6.07) is 13.7. The van der Waals surface area contributed by atoms with Crippen LogP contribution in [0.1, 0.15) is 84.8 Å². The molecule has 0 radical (unpaired) electrons. The maximum Gasteiger partial charge on any atom is 0.0723 e. The van der Waals surface area contributed by atoms with Crippen LogP contribution in [0, 0.1) is 0 Å². The second kappa shape index (κ2) is 13.1. The first-order valence-electron chi connectivity index (χ1n) is 13.8.